The van der Waals surface area contributed by atoms with Gasteiger partial charge in [0.1, 0.15) is 5.69 Å². The van der Waals surface area contributed by atoms with Crippen molar-refractivity contribution in [1.82, 2.24) is 14.5 Å². The molecule has 2 aromatic rings. The molecule has 0 fully saturated rings. The van der Waals surface area contributed by atoms with Gasteiger partial charge in [0.15, 0.2) is 0 Å². The second-order valence-electron chi connectivity index (χ2n) is 6.52. The van der Waals surface area contributed by atoms with Crippen molar-refractivity contribution in [3.8, 4) is 0 Å². The molecule has 0 N–H and O–H groups in total. The van der Waals surface area contributed by atoms with Crippen LogP contribution in [0, 0.1) is 0 Å². The van der Waals surface area contributed by atoms with Gasteiger partial charge in [0.2, 0.25) is 5.82 Å². The smallest absolute Gasteiger partial charge is 0.294 e. The van der Waals surface area contributed by atoms with Gasteiger partial charge in [-0.15, -0.1) is 0 Å². The van der Waals surface area contributed by atoms with Crippen LogP contribution in [-0.4, -0.2) is 46.4 Å². The lowest BCUT2D eigenvalue weighted by atomic mass is 10.1. The van der Waals surface area contributed by atoms with E-state index in [1.165, 1.54) is 0 Å². The van der Waals surface area contributed by atoms with Crippen molar-refractivity contribution in [2.75, 3.05) is 25.0 Å². The zero-order valence-corrected chi connectivity index (χ0v) is 15.7. The minimum absolute atomic E-state index is 0.0814. The van der Waals surface area contributed by atoms with E-state index in [-0.39, 0.29) is 11.8 Å². The van der Waals surface area contributed by atoms with Gasteiger partial charge in [-0.05, 0) is 45.2 Å². The molecule has 6 nitrogen and oxygen atoms in total. The van der Waals surface area contributed by atoms with Crippen molar-refractivity contribution in [2.24, 2.45) is 0 Å². The Morgan fingerprint density at radius 2 is 1.77 bits per heavy atom. The normalized spacial score (nSPS) is 13.2. The molecular weight excluding hydrogens is 328 g/mol. The molecule has 1 aliphatic rings. The first-order valence-electron chi connectivity index (χ1n) is 9.30. The molecule has 1 aliphatic heterocycles. The molecule has 6 heteroatoms. The highest BCUT2D eigenvalue weighted by atomic mass is 16.2. The number of carbonyl (C=O) groups excluding carboxylic acids is 2. The molecule has 138 valence electrons. The van der Waals surface area contributed by atoms with Gasteiger partial charge in [0.05, 0.1) is 5.69 Å². The Hall–Kier alpha value is -2.63. The minimum atomic E-state index is -0.182. The van der Waals surface area contributed by atoms with E-state index in [0.29, 0.717) is 24.6 Å². The molecule has 0 unspecified atom stereocenters. The van der Waals surface area contributed by atoms with Crippen LogP contribution in [0.1, 0.15) is 53.5 Å². The van der Waals surface area contributed by atoms with Crippen molar-refractivity contribution in [1.29, 1.82) is 0 Å². The van der Waals surface area contributed by atoms with Crippen LogP contribution in [0.5, 0.6) is 0 Å². The Kier molecular flexibility index (Phi) is 5.40. The number of hydrogen-bond donors (Lipinski definition) is 0. The fraction of sp³-hybridized carbons (Fsp3) is 0.450. The van der Waals surface area contributed by atoms with Gasteiger partial charge in [-0.3, -0.25) is 9.59 Å². The van der Waals surface area contributed by atoms with Crippen LogP contribution < -0.4 is 4.90 Å². The van der Waals surface area contributed by atoms with Gasteiger partial charge in [-0.1, -0.05) is 18.2 Å². The van der Waals surface area contributed by atoms with Crippen LogP contribution in [0.2, 0.25) is 0 Å². The fourth-order valence-corrected chi connectivity index (χ4v) is 3.46. The number of para-hydroxylation sites is 1. The number of carbonyl (C=O) groups is 2. The maximum Gasteiger partial charge on any atom is 0.294 e. The molecule has 3 rings (SSSR count). The van der Waals surface area contributed by atoms with Crippen LogP contribution in [-0.2, 0) is 13.0 Å². The van der Waals surface area contributed by atoms with E-state index in [9.17, 15) is 9.59 Å². The van der Waals surface area contributed by atoms with Gasteiger partial charge < -0.3 is 14.4 Å². The van der Waals surface area contributed by atoms with Crippen LogP contribution in [0.3, 0.4) is 0 Å². The largest absolute Gasteiger partial charge is 0.338 e. The van der Waals surface area contributed by atoms with Gasteiger partial charge in [-0.2, -0.15) is 0 Å². The number of aromatic nitrogens is 2. The summed E-state index contributed by atoms with van der Waals surface area (Å²) in [5.41, 5.74) is 2.15. The summed E-state index contributed by atoms with van der Waals surface area (Å²) in [6.07, 6.45) is 2.81. The van der Waals surface area contributed by atoms with E-state index < -0.39 is 0 Å². The molecule has 0 aliphatic carbocycles. The van der Waals surface area contributed by atoms with E-state index in [0.717, 1.165) is 37.2 Å². The lowest BCUT2D eigenvalue weighted by Gasteiger charge is -2.21. The molecule has 2 amide bonds. The Balaban J connectivity index is 2.00. The first-order chi connectivity index (χ1) is 12.6. The van der Waals surface area contributed by atoms with E-state index in [1.54, 1.807) is 16.8 Å². The average molecular weight is 354 g/mol. The summed E-state index contributed by atoms with van der Waals surface area (Å²) >= 11 is 0. The Morgan fingerprint density at radius 1 is 1.08 bits per heavy atom. The van der Waals surface area contributed by atoms with Crippen molar-refractivity contribution in [3.63, 3.8) is 0 Å². The van der Waals surface area contributed by atoms with E-state index in [2.05, 4.69) is 4.98 Å². The van der Waals surface area contributed by atoms with Crippen LogP contribution in [0.25, 0.3) is 0 Å². The molecule has 1 aromatic heterocycles. The molecule has 0 atom stereocenters. The number of fused-ring (bicyclic) bond motifs is 1. The van der Waals surface area contributed by atoms with E-state index in [4.69, 9.17) is 0 Å². The predicted octanol–water partition coefficient (Wildman–Crippen LogP) is 2.98. The molecule has 2 heterocycles. The summed E-state index contributed by atoms with van der Waals surface area (Å²) in [4.78, 5) is 33.8. The summed E-state index contributed by atoms with van der Waals surface area (Å²) in [7, 11) is 1.74. The molecule has 26 heavy (non-hydrogen) atoms. The van der Waals surface area contributed by atoms with Gasteiger partial charge in [0.25, 0.3) is 11.8 Å². The van der Waals surface area contributed by atoms with Crippen LogP contribution >= 0.6 is 0 Å². The molecule has 1 aromatic carbocycles. The summed E-state index contributed by atoms with van der Waals surface area (Å²) in [5.74, 6) is 0.0987. The Bertz CT molecular complexity index is 794. The summed E-state index contributed by atoms with van der Waals surface area (Å²) in [6.45, 7) is 5.92. The number of hydrogen-bond acceptors (Lipinski definition) is 3. The third-order valence-corrected chi connectivity index (χ3v) is 5.01. The number of anilines is 1. The van der Waals surface area contributed by atoms with Crippen LogP contribution in [0.15, 0.2) is 30.3 Å². The number of imidazole rings is 1. The summed E-state index contributed by atoms with van der Waals surface area (Å²) in [6, 6.07) is 9.49. The quantitative estimate of drug-likeness (QED) is 0.829. The first kappa shape index (κ1) is 18.2. The highest BCUT2D eigenvalue weighted by Crippen LogP contribution is 2.24. The van der Waals surface area contributed by atoms with Crippen molar-refractivity contribution in [3.05, 3.63) is 47.5 Å². The minimum Gasteiger partial charge on any atom is -0.338 e. The standard InChI is InChI=1S/C20H26N4O2/c1-4-23(5-2)19(25)17-16-13-9-10-14-24(16)18(21-17)20(26)22(3)15-11-7-6-8-12-15/h6-8,11-12H,4-5,9-10,13-14H2,1-3H3. The van der Waals surface area contributed by atoms with Gasteiger partial charge in [0, 0.05) is 32.4 Å². The number of amides is 2. The molecular formula is C20H26N4O2. The van der Waals surface area contributed by atoms with Gasteiger partial charge in [-0.25, -0.2) is 4.98 Å². The highest BCUT2D eigenvalue weighted by molar-refractivity contribution is 6.05. The average Bonchev–Trinajstić information content (AvgIpc) is 3.08. The van der Waals surface area contributed by atoms with Gasteiger partial charge >= 0.3 is 0 Å². The second kappa shape index (κ2) is 7.72. The third kappa shape index (κ3) is 3.23. The van der Waals surface area contributed by atoms with E-state index >= 15 is 0 Å². The SMILES string of the molecule is CCN(CC)C(=O)c1nc(C(=O)N(C)c2ccccc2)n2c1CCCC2. The molecule has 0 bridgehead atoms. The summed E-state index contributed by atoms with van der Waals surface area (Å²) < 4.78 is 1.95. The number of rotatable bonds is 5. The molecule has 0 saturated carbocycles. The molecule has 0 radical (unpaired) electrons. The zero-order chi connectivity index (χ0) is 18.7. The molecule has 0 spiro atoms. The molecule has 0 saturated heterocycles. The lowest BCUT2D eigenvalue weighted by Crippen LogP contribution is -2.31. The number of nitrogens with zero attached hydrogens (tertiary/aromatic N) is 4. The summed E-state index contributed by atoms with van der Waals surface area (Å²) in [5, 5.41) is 0. The Morgan fingerprint density at radius 3 is 2.42 bits per heavy atom. The third-order valence-electron chi connectivity index (χ3n) is 5.01. The maximum atomic E-state index is 13.1. The monoisotopic (exact) mass is 354 g/mol. The highest BCUT2D eigenvalue weighted by Gasteiger charge is 2.30. The second-order valence-corrected chi connectivity index (χ2v) is 6.52. The zero-order valence-electron chi connectivity index (χ0n) is 15.7. The first-order valence-corrected chi connectivity index (χ1v) is 9.30. The van der Waals surface area contributed by atoms with E-state index in [1.807, 2.05) is 48.7 Å². The van der Waals surface area contributed by atoms with Crippen LogP contribution in [0.4, 0.5) is 5.69 Å². The predicted molar refractivity (Wildman–Crippen MR) is 102 cm³/mol. The van der Waals surface area contributed by atoms with Crippen molar-refractivity contribution in [2.45, 2.75) is 39.7 Å². The fourth-order valence-electron chi connectivity index (χ4n) is 3.46. The maximum absolute atomic E-state index is 13.1. The topological polar surface area (TPSA) is 58.4 Å². The lowest BCUT2D eigenvalue weighted by molar-refractivity contribution is 0.0766. The number of benzene rings is 1. The Labute approximate surface area is 154 Å². The van der Waals surface area contributed by atoms with Crippen molar-refractivity contribution < 1.29 is 9.59 Å². The van der Waals surface area contributed by atoms with Crippen molar-refractivity contribution >= 4 is 17.5 Å².